The molecular formula is C13H19NO4. The van der Waals surface area contributed by atoms with Crippen LogP contribution in [-0.4, -0.2) is 34.5 Å². The number of carbonyl (C=O) groups excluding carboxylic acids is 1. The molecule has 0 saturated carbocycles. The molecule has 1 unspecified atom stereocenters. The highest BCUT2D eigenvalue weighted by Gasteiger charge is 2.23. The summed E-state index contributed by atoms with van der Waals surface area (Å²) in [6.45, 7) is 6.47. The summed E-state index contributed by atoms with van der Waals surface area (Å²) < 4.78 is 5.08. The standard InChI is InChI=1S/C13H19NO4/c1-4-9(3)14(5-2)13(17)10-6-7-18-11(10)8-12(15)16/h6-7,9H,4-5,8H2,1-3H3,(H,15,16). The molecule has 1 amide bonds. The average molecular weight is 253 g/mol. The van der Waals surface area contributed by atoms with Gasteiger partial charge in [0.05, 0.1) is 11.8 Å². The number of rotatable bonds is 6. The van der Waals surface area contributed by atoms with Crippen molar-refractivity contribution >= 4 is 11.9 Å². The number of carboxylic acid groups (broad SMARTS) is 1. The molecule has 1 N–H and O–H groups in total. The van der Waals surface area contributed by atoms with E-state index in [1.165, 1.54) is 12.3 Å². The number of aliphatic carboxylic acids is 1. The molecule has 0 aromatic carbocycles. The molecule has 0 aliphatic heterocycles. The molecule has 0 radical (unpaired) electrons. The Bertz CT molecular complexity index is 424. The molecule has 5 heteroatoms. The maximum absolute atomic E-state index is 12.3. The maximum Gasteiger partial charge on any atom is 0.311 e. The lowest BCUT2D eigenvalue weighted by Gasteiger charge is -2.27. The van der Waals surface area contributed by atoms with Gasteiger partial charge in [-0.15, -0.1) is 0 Å². The van der Waals surface area contributed by atoms with Gasteiger partial charge in [-0.2, -0.15) is 0 Å². The molecule has 0 aliphatic carbocycles. The van der Waals surface area contributed by atoms with Crippen molar-refractivity contribution in [3.05, 3.63) is 23.7 Å². The smallest absolute Gasteiger partial charge is 0.311 e. The molecule has 0 saturated heterocycles. The number of carbonyl (C=O) groups is 2. The first-order valence-electron chi connectivity index (χ1n) is 6.10. The second-order valence-corrected chi connectivity index (χ2v) is 4.18. The SMILES string of the molecule is CCC(C)N(CC)C(=O)c1ccoc1CC(=O)O. The lowest BCUT2D eigenvalue weighted by atomic mass is 10.1. The average Bonchev–Trinajstić information content (AvgIpc) is 2.76. The minimum absolute atomic E-state index is 0.120. The van der Waals surface area contributed by atoms with Crippen LogP contribution in [0.4, 0.5) is 0 Å². The number of hydrogen-bond donors (Lipinski definition) is 1. The van der Waals surface area contributed by atoms with Gasteiger partial charge in [-0.1, -0.05) is 6.92 Å². The van der Waals surface area contributed by atoms with E-state index in [0.717, 1.165) is 6.42 Å². The predicted octanol–water partition coefficient (Wildman–Crippen LogP) is 2.17. The van der Waals surface area contributed by atoms with Crippen LogP contribution in [0.5, 0.6) is 0 Å². The zero-order valence-corrected chi connectivity index (χ0v) is 11.0. The van der Waals surface area contributed by atoms with Gasteiger partial charge in [0.1, 0.15) is 12.2 Å². The van der Waals surface area contributed by atoms with Gasteiger partial charge in [0.2, 0.25) is 0 Å². The van der Waals surface area contributed by atoms with E-state index < -0.39 is 5.97 Å². The van der Waals surface area contributed by atoms with Crippen LogP contribution in [0.25, 0.3) is 0 Å². The molecule has 1 aromatic rings. The largest absolute Gasteiger partial charge is 0.481 e. The molecule has 0 spiro atoms. The van der Waals surface area contributed by atoms with Crippen LogP contribution in [0, 0.1) is 0 Å². The van der Waals surface area contributed by atoms with E-state index in [4.69, 9.17) is 9.52 Å². The van der Waals surface area contributed by atoms with E-state index in [1.807, 2.05) is 20.8 Å². The van der Waals surface area contributed by atoms with Crippen LogP contribution in [0.15, 0.2) is 16.7 Å². The molecule has 1 heterocycles. The highest BCUT2D eigenvalue weighted by Crippen LogP contribution is 2.16. The second kappa shape index (κ2) is 6.23. The third-order valence-electron chi connectivity index (χ3n) is 3.01. The van der Waals surface area contributed by atoms with Gasteiger partial charge >= 0.3 is 5.97 Å². The molecule has 18 heavy (non-hydrogen) atoms. The highest BCUT2D eigenvalue weighted by molar-refractivity contribution is 5.96. The van der Waals surface area contributed by atoms with E-state index in [9.17, 15) is 9.59 Å². The number of nitrogens with zero attached hydrogens (tertiary/aromatic N) is 1. The Morgan fingerprint density at radius 3 is 2.61 bits per heavy atom. The van der Waals surface area contributed by atoms with Gasteiger partial charge < -0.3 is 14.4 Å². The second-order valence-electron chi connectivity index (χ2n) is 4.18. The molecule has 5 nitrogen and oxygen atoms in total. The summed E-state index contributed by atoms with van der Waals surface area (Å²) in [5.41, 5.74) is 0.347. The van der Waals surface area contributed by atoms with Gasteiger partial charge in [-0.3, -0.25) is 9.59 Å². The van der Waals surface area contributed by atoms with Gasteiger partial charge in [-0.05, 0) is 26.3 Å². The highest BCUT2D eigenvalue weighted by atomic mass is 16.4. The molecule has 100 valence electrons. The Labute approximate surface area is 106 Å². The first-order chi connectivity index (χ1) is 8.51. The molecule has 1 aromatic heterocycles. The lowest BCUT2D eigenvalue weighted by molar-refractivity contribution is -0.136. The quantitative estimate of drug-likeness (QED) is 0.843. The van der Waals surface area contributed by atoms with Gasteiger partial charge in [0, 0.05) is 12.6 Å². The summed E-state index contributed by atoms with van der Waals surface area (Å²) in [5, 5.41) is 8.76. The summed E-state index contributed by atoms with van der Waals surface area (Å²) >= 11 is 0. The van der Waals surface area contributed by atoms with Gasteiger partial charge in [-0.25, -0.2) is 0 Å². The molecule has 0 fully saturated rings. The lowest BCUT2D eigenvalue weighted by Crippen LogP contribution is -2.38. The summed E-state index contributed by atoms with van der Waals surface area (Å²) in [4.78, 5) is 24.7. The van der Waals surface area contributed by atoms with Crippen LogP contribution < -0.4 is 0 Å². The van der Waals surface area contributed by atoms with Gasteiger partial charge in [0.25, 0.3) is 5.91 Å². The Morgan fingerprint density at radius 1 is 1.44 bits per heavy atom. The summed E-state index contributed by atoms with van der Waals surface area (Å²) in [5.74, 6) is -0.961. The Balaban J connectivity index is 2.95. The van der Waals surface area contributed by atoms with Crippen LogP contribution in [0.2, 0.25) is 0 Å². The Hall–Kier alpha value is -1.78. The summed E-state index contributed by atoms with van der Waals surface area (Å²) in [6.07, 6.45) is 1.94. The Kier molecular flexibility index (Phi) is 4.95. The Morgan fingerprint density at radius 2 is 2.11 bits per heavy atom. The molecule has 0 bridgehead atoms. The number of carboxylic acids is 1. The number of furan rings is 1. The number of hydrogen-bond acceptors (Lipinski definition) is 3. The third-order valence-corrected chi connectivity index (χ3v) is 3.01. The van der Waals surface area contributed by atoms with Crippen molar-refractivity contribution in [1.82, 2.24) is 4.90 Å². The van der Waals surface area contributed by atoms with E-state index in [1.54, 1.807) is 4.90 Å². The van der Waals surface area contributed by atoms with Crippen LogP contribution >= 0.6 is 0 Å². The van der Waals surface area contributed by atoms with Crippen molar-refractivity contribution in [1.29, 1.82) is 0 Å². The van der Waals surface area contributed by atoms with E-state index in [-0.39, 0.29) is 24.1 Å². The topological polar surface area (TPSA) is 70.8 Å². The van der Waals surface area contributed by atoms with Crippen LogP contribution in [0.3, 0.4) is 0 Å². The minimum atomic E-state index is -1.01. The fourth-order valence-corrected chi connectivity index (χ4v) is 1.84. The number of amides is 1. The zero-order valence-electron chi connectivity index (χ0n) is 11.0. The maximum atomic E-state index is 12.3. The van der Waals surface area contributed by atoms with Crippen LogP contribution in [0.1, 0.15) is 43.3 Å². The monoisotopic (exact) mass is 253 g/mol. The van der Waals surface area contributed by atoms with Crippen LogP contribution in [-0.2, 0) is 11.2 Å². The van der Waals surface area contributed by atoms with Gasteiger partial charge in [0.15, 0.2) is 0 Å². The zero-order chi connectivity index (χ0) is 13.7. The normalized spacial score (nSPS) is 12.2. The van der Waals surface area contributed by atoms with Crippen molar-refractivity contribution < 1.29 is 19.1 Å². The molecule has 1 rings (SSSR count). The van der Waals surface area contributed by atoms with Crippen molar-refractivity contribution in [2.75, 3.05) is 6.54 Å². The van der Waals surface area contributed by atoms with Crippen molar-refractivity contribution in [3.8, 4) is 0 Å². The van der Waals surface area contributed by atoms with E-state index in [2.05, 4.69) is 0 Å². The first kappa shape index (κ1) is 14.3. The predicted molar refractivity (Wildman–Crippen MR) is 66.5 cm³/mol. The van der Waals surface area contributed by atoms with Crippen molar-refractivity contribution in [2.24, 2.45) is 0 Å². The van der Waals surface area contributed by atoms with E-state index in [0.29, 0.717) is 12.1 Å². The molecular weight excluding hydrogens is 234 g/mol. The fraction of sp³-hybridized carbons (Fsp3) is 0.538. The minimum Gasteiger partial charge on any atom is -0.481 e. The van der Waals surface area contributed by atoms with E-state index >= 15 is 0 Å². The summed E-state index contributed by atoms with van der Waals surface area (Å²) in [7, 11) is 0. The third kappa shape index (κ3) is 3.12. The molecule has 0 aliphatic rings. The molecule has 1 atom stereocenters. The first-order valence-corrected chi connectivity index (χ1v) is 6.10. The van der Waals surface area contributed by atoms with Crippen molar-refractivity contribution in [2.45, 2.75) is 39.7 Å². The van der Waals surface area contributed by atoms with Crippen molar-refractivity contribution in [3.63, 3.8) is 0 Å². The summed E-state index contributed by atoms with van der Waals surface area (Å²) in [6, 6.07) is 1.65. The fourth-order valence-electron chi connectivity index (χ4n) is 1.84.